The zero-order chi connectivity index (χ0) is 76.1. The molecule has 0 bridgehead atoms. The third kappa shape index (κ3) is 40.2. The van der Waals surface area contributed by atoms with E-state index in [0.29, 0.717) is 0 Å². The molecule has 0 aromatic carbocycles. The Morgan fingerprint density at radius 2 is 0.600 bits per heavy atom. The van der Waals surface area contributed by atoms with Crippen LogP contribution in [0.5, 0.6) is 0 Å². The molecule has 0 spiro atoms. The second-order valence-corrected chi connectivity index (χ2v) is 33.9. The lowest BCUT2D eigenvalue weighted by Crippen LogP contribution is -2.14. The fourth-order valence-corrected chi connectivity index (χ4v) is 7.38. The first-order valence-electron chi connectivity index (χ1n) is 34.2. The zero-order valence-electron chi connectivity index (χ0n) is 66.7. The molecule has 10 aromatic heterocycles. The lowest BCUT2D eigenvalue weighted by molar-refractivity contribution is 0.545. The van der Waals surface area contributed by atoms with Crippen molar-refractivity contribution in [3.8, 4) is 0 Å². The van der Waals surface area contributed by atoms with E-state index < -0.39 is 0 Å². The molecule has 10 heterocycles. The van der Waals surface area contributed by atoms with Crippen molar-refractivity contribution in [3.05, 3.63) is 260 Å². The number of rotatable bonds is 0. The second kappa shape index (κ2) is 41.5. The first kappa shape index (κ1) is 89.0. The number of aromatic nitrogens is 17. The van der Waals surface area contributed by atoms with Crippen LogP contribution in [0.3, 0.4) is 0 Å². The van der Waals surface area contributed by atoms with Crippen LogP contribution in [0.2, 0.25) is 0 Å². The van der Waals surface area contributed by atoms with Crippen molar-refractivity contribution in [1.29, 1.82) is 0 Å². The summed E-state index contributed by atoms with van der Waals surface area (Å²) in [5, 5.41) is 15.3. The van der Waals surface area contributed by atoms with Crippen LogP contribution in [-0.2, 0) is 54.1 Å². The van der Waals surface area contributed by atoms with Gasteiger partial charge in [-0.3, -0.25) is 34.9 Å². The van der Waals surface area contributed by atoms with E-state index in [9.17, 15) is 0 Å². The molecule has 0 aliphatic rings. The molecule has 0 amide bonds. The molecule has 100 heavy (non-hydrogen) atoms. The molecule has 17 nitrogen and oxygen atoms in total. The molecule has 0 aliphatic carbocycles. The maximum absolute atomic E-state index is 4.25. The van der Waals surface area contributed by atoms with E-state index in [1.165, 1.54) is 22.3 Å². The SMILES string of the molecule is CC(C)(C)c1ccccn1.CC(C)(C)c1cccnc1.CC(C)(C)c1cccnn1.CC(C)(C)c1ccncc1.CC(C)(C)c1ccncn1.CC(C)(C)c1ccnnc1.CC(C)(C)c1cnccn1.CC(C)(C)c1cnccn1.CC(C)(C)c1cncnc1.CC(C)(C)c1ncccn1. The second-order valence-electron chi connectivity index (χ2n) is 33.9. The summed E-state index contributed by atoms with van der Waals surface area (Å²) >= 11 is 0. The van der Waals surface area contributed by atoms with Gasteiger partial charge in [0.2, 0.25) is 0 Å². The fraction of sp³-hybridized carbons (Fsp3) is 0.482. The van der Waals surface area contributed by atoms with Gasteiger partial charge in [0, 0.05) is 155 Å². The van der Waals surface area contributed by atoms with Gasteiger partial charge in [-0.2, -0.15) is 20.4 Å². The Kier molecular flexibility index (Phi) is 37.0. The first-order chi connectivity index (χ1) is 46.1. The highest BCUT2D eigenvalue weighted by Crippen LogP contribution is 2.25. The smallest absolute Gasteiger partial charge is 0.133 e. The van der Waals surface area contributed by atoms with Crippen LogP contribution in [0.15, 0.2) is 203 Å². The summed E-state index contributed by atoms with van der Waals surface area (Å²) in [7, 11) is 0. The summed E-state index contributed by atoms with van der Waals surface area (Å²) in [6.07, 6.45) is 37.0. The Balaban J connectivity index is 0.000000556. The molecule has 0 N–H and O–H groups in total. The lowest BCUT2D eigenvalue weighted by atomic mass is 9.88. The molecule has 0 aliphatic heterocycles. The molecule has 17 heteroatoms. The van der Waals surface area contributed by atoms with Crippen molar-refractivity contribution >= 4 is 0 Å². The van der Waals surface area contributed by atoms with Crippen molar-refractivity contribution in [2.45, 2.75) is 262 Å². The van der Waals surface area contributed by atoms with Gasteiger partial charge >= 0.3 is 0 Å². The minimum Gasteiger partial charge on any atom is -0.265 e. The van der Waals surface area contributed by atoms with Crippen LogP contribution in [0, 0.1) is 0 Å². The maximum Gasteiger partial charge on any atom is 0.133 e. The van der Waals surface area contributed by atoms with Crippen LogP contribution in [0.4, 0.5) is 0 Å². The van der Waals surface area contributed by atoms with Gasteiger partial charge in [-0.05, 0) is 105 Å². The largest absolute Gasteiger partial charge is 0.265 e. The normalized spacial score (nSPS) is 11.5. The zero-order valence-corrected chi connectivity index (χ0v) is 66.7. The summed E-state index contributed by atoms with van der Waals surface area (Å²) in [6, 6.07) is 23.9. The van der Waals surface area contributed by atoms with Crippen molar-refractivity contribution in [3.63, 3.8) is 0 Å². The van der Waals surface area contributed by atoms with Gasteiger partial charge in [0.1, 0.15) is 18.5 Å². The van der Waals surface area contributed by atoms with E-state index >= 15 is 0 Å². The summed E-state index contributed by atoms with van der Waals surface area (Å²) in [5.74, 6) is 0.898. The Morgan fingerprint density at radius 1 is 0.190 bits per heavy atom. The molecule has 0 atom stereocenters. The van der Waals surface area contributed by atoms with E-state index in [-0.39, 0.29) is 54.1 Å². The predicted molar refractivity (Wildman–Crippen MR) is 414 cm³/mol. The highest BCUT2D eigenvalue weighted by Gasteiger charge is 2.20. The molecule has 0 saturated heterocycles. The van der Waals surface area contributed by atoms with Gasteiger partial charge in [0.25, 0.3) is 0 Å². The number of nitrogens with zero attached hydrogens (tertiary/aromatic N) is 17. The quantitative estimate of drug-likeness (QED) is 0.138. The van der Waals surface area contributed by atoms with Gasteiger partial charge in [0.05, 0.1) is 23.3 Å². The van der Waals surface area contributed by atoms with Gasteiger partial charge in [-0.1, -0.05) is 220 Å². The molecule has 10 aromatic rings. The first-order valence-corrected chi connectivity index (χ1v) is 34.2. The van der Waals surface area contributed by atoms with Gasteiger partial charge in [-0.25, -0.2) is 29.9 Å². The Hall–Kier alpha value is -8.99. The van der Waals surface area contributed by atoms with Gasteiger partial charge < -0.3 is 0 Å². The lowest BCUT2D eigenvalue weighted by Gasteiger charge is -2.17. The maximum atomic E-state index is 4.25. The molecule has 0 unspecified atom stereocenters. The topological polar surface area (TPSA) is 219 Å². The molecule has 0 fully saturated rings. The average molecular weight is 1360 g/mol. The van der Waals surface area contributed by atoms with E-state index in [1.54, 1.807) is 93.2 Å². The number of hydrogen-bond donors (Lipinski definition) is 0. The van der Waals surface area contributed by atoms with Crippen molar-refractivity contribution in [2.75, 3.05) is 0 Å². The van der Waals surface area contributed by atoms with Crippen LogP contribution < -0.4 is 0 Å². The summed E-state index contributed by atoms with van der Waals surface area (Å²) in [6.45, 7) is 64.3. The third-order valence-corrected chi connectivity index (χ3v) is 14.0. The van der Waals surface area contributed by atoms with E-state index in [4.69, 9.17) is 0 Å². The minimum atomic E-state index is 0.0707. The standard InChI is InChI=1S/3C9H13N.7C8H12N2/c1-9(2,3)8-4-6-10-7-5-8;1-9(2,3)8-5-4-6-10-7-8;1-9(2,3)8-6-4-5-7-10-8;1-8(2,3)7-4-9-6-10-5-7;2*1-8(2,3)7-6-9-4-5-10-7;1-8(2,3)7-4-5-9-6-10-7;1-8(2,3)7-4-5-9-10-6-7;1-8(2,3)7-9-5-4-6-10-7;1-8(2,3)7-5-4-6-9-10-7/h3*4-7H,1-3H3;7*4-6H,1-3H3. The van der Waals surface area contributed by atoms with E-state index in [0.717, 1.165) is 34.3 Å². The van der Waals surface area contributed by atoms with Crippen molar-refractivity contribution < 1.29 is 0 Å². The molecule has 0 radical (unpaired) electrons. The molecular formula is C83H123N17. The van der Waals surface area contributed by atoms with Crippen LogP contribution in [0.25, 0.3) is 0 Å². The van der Waals surface area contributed by atoms with E-state index in [1.807, 2.05) is 85.7 Å². The molecule has 10 rings (SSSR count). The predicted octanol–water partition coefficient (Wildman–Crippen LogP) is 19.6. The Bertz CT molecular complexity index is 2800. The fourth-order valence-electron chi connectivity index (χ4n) is 7.38. The van der Waals surface area contributed by atoms with Crippen molar-refractivity contribution in [1.82, 2.24) is 85.2 Å². The molecular weight excluding hydrogens is 1240 g/mol. The molecule has 0 saturated carbocycles. The van der Waals surface area contributed by atoms with Gasteiger partial charge in [0.15, 0.2) is 0 Å². The van der Waals surface area contributed by atoms with Crippen molar-refractivity contribution in [2.24, 2.45) is 0 Å². The highest BCUT2D eigenvalue weighted by molar-refractivity contribution is 5.21. The third-order valence-electron chi connectivity index (χ3n) is 14.0. The highest BCUT2D eigenvalue weighted by atomic mass is 15.1. The molecule has 540 valence electrons. The Labute approximate surface area is 603 Å². The summed E-state index contributed by atoms with van der Waals surface area (Å²) in [5.41, 5.74) is 12.0. The van der Waals surface area contributed by atoms with E-state index in [2.05, 4.69) is 317 Å². The monoisotopic (exact) mass is 1360 g/mol. The Morgan fingerprint density at radius 3 is 0.870 bits per heavy atom. The van der Waals surface area contributed by atoms with Crippen LogP contribution in [-0.4, -0.2) is 85.2 Å². The minimum absolute atomic E-state index is 0.0707. The number of hydrogen-bond acceptors (Lipinski definition) is 17. The van der Waals surface area contributed by atoms with Gasteiger partial charge in [-0.15, -0.1) is 0 Å². The number of pyridine rings is 3. The summed E-state index contributed by atoms with van der Waals surface area (Å²) in [4.78, 5) is 52.8. The summed E-state index contributed by atoms with van der Waals surface area (Å²) < 4.78 is 0. The van der Waals surface area contributed by atoms with Crippen LogP contribution in [0.1, 0.15) is 264 Å². The average Bonchev–Trinajstić information content (AvgIpc) is 1.11. The van der Waals surface area contributed by atoms with Crippen LogP contribution >= 0.6 is 0 Å².